The van der Waals surface area contributed by atoms with Gasteiger partial charge in [0.05, 0.1) is 13.6 Å². The van der Waals surface area contributed by atoms with Crippen molar-refractivity contribution in [3.05, 3.63) is 0 Å². The minimum absolute atomic E-state index is 0.380. The summed E-state index contributed by atoms with van der Waals surface area (Å²) in [6.45, 7) is 3.83. The number of rotatable bonds is 8. The fraction of sp³-hybridized carbons (Fsp3) is 1.00. The van der Waals surface area contributed by atoms with Crippen LogP contribution in [0.2, 0.25) is 0 Å². The van der Waals surface area contributed by atoms with Crippen LogP contribution >= 0.6 is 0 Å². The molecule has 0 saturated carbocycles. The third kappa shape index (κ3) is 6.20. The van der Waals surface area contributed by atoms with Crippen molar-refractivity contribution in [2.45, 2.75) is 76.3 Å². The number of hydrogen-bond donors (Lipinski definition) is 4. The van der Waals surface area contributed by atoms with Gasteiger partial charge in [-0.3, -0.25) is 0 Å². The van der Waals surface area contributed by atoms with Crippen molar-refractivity contribution in [3.63, 3.8) is 0 Å². The van der Waals surface area contributed by atoms with E-state index >= 15 is 0 Å². The number of quaternary nitrogens is 1. The van der Waals surface area contributed by atoms with E-state index in [4.69, 9.17) is 0 Å². The van der Waals surface area contributed by atoms with Crippen LogP contribution in [0.5, 0.6) is 0 Å². The number of nitrogens with zero attached hydrogens (tertiary/aromatic N) is 1. The Morgan fingerprint density at radius 1 is 0.762 bits per heavy atom. The molecule has 0 aromatic carbocycles. The Labute approximate surface area is 128 Å². The first-order chi connectivity index (χ1) is 9.89. The van der Waals surface area contributed by atoms with E-state index in [-0.39, 0.29) is 0 Å². The molecule has 5 nitrogen and oxygen atoms in total. The zero-order chi connectivity index (χ0) is 15.9. The number of aliphatic hydroxyl groups is 4. The minimum Gasteiger partial charge on any atom is -0.387 e. The molecule has 1 heterocycles. The molecule has 4 N–H and O–H groups in total. The van der Waals surface area contributed by atoms with Crippen LogP contribution in [-0.4, -0.2) is 76.0 Å². The van der Waals surface area contributed by atoms with E-state index in [1.165, 1.54) is 32.1 Å². The van der Waals surface area contributed by atoms with Crippen molar-refractivity contribution in [1.82, 2.24) is 0 Å². The van der Waals surface area contributed by atoms with Crippen LogP contribution in [0.15, 0.2) is 0 Å². The van der Waals surface area contributed by atoms with Crippen molar-refractivity contribution in [3.8, 4) is 0 Å². The first kappa shape index (κ1) is 18.8. The van der Waals surface area contributed by atoms with E-state index in [1.54, 1.807) is 0 Å². The van der Waals surface area contributed by atoms with Crippen LogP contribution in [0.4, 0.5) is 0 Å². The largest absolute Gasteiger partial charge is 0.387 e. The van der Waals surface area contributed by atoms with Gasteiger partial charge in [0.2, 0.25) is 0 Å². The van der Waals surface area contributed by atoms with Crippen molar-refractivity contribution in [2.24, 2.45) is 0 Å². The molecular formula is C16H34NO4+. The molecule has 1 rings (SSSR count). The Morgan fingerprint density at radius 2 is 1.19 bits per heavy atom. The van der Waals surface area contributed by atoms with Crippen LogP contribution in [0, 0.1) is 0 Å². The van der Waals surface area contributed by atoms with Crippen molar-refractivity contribution in [1.29, 1.82) is 0 Å². The summed E-state index contributed by atoms with van der Waals surface area (Å²) in [5.41, 5.74) is 0. The second-order valence-corrected chi connectivity index (χ2v) is 6.95. The lowest BCUT2D eigenvalue weighted by molar-refractivity contribution is -0.914. The molecule has 126 valence electrons. The maximum absolute atomic E-state index is 9.94. The number of likely N-dealkylation sites (tertiary alicyclic amines) is 1. The number of unbranched alkanes of at least 4 members (excludes halogenated alkanes) is 6. The molecule has 0 spiro atoms. The van der Waals surface area contributed by atoms with E-state index in [1.807, 2.05) is 7.05 Å². The van der Waals surface area contributed by atoms with Gasteiger partial charge in [-0.2, -0.15) is 0 Å². The fourth-order valence-electron chi connectivity index (χ4n) is 3.28. The smallest absolute Gasteiger partial charge is 0.131 e. The molecule has 0 bridgehead atoms. The number of hydrogen-bond acceptors (Lipinski definition) is 4. The maximum atomic E-state index is 9.94. The lowest BCUT2D eigenvalue weighted by atomic mass is 10.1. The lowest BCUT2D eigenvalue weighted by Gasteiger charge is -2.35. The van der Waals surface area contributed by atoms with Crippen LogP contribution in [0.3, 0.4) is 0 Å². The zero-order valence-corrected chi connectivity index (χ0v) is 13.6. The zero-order valence-electron chi connectivity index (χ0n) is 13.6. The van der Waals surface area contributed by atoms with Crippen molar-refractivity contribution >= 4 is 0 Å². The predicted molar refractivity (Wildman–Crippen MR) is 82.8 cm³/mol. The van der Waals surface area contributed by atoms with Gasteiger partial charge in [-0.25, -0.2) is 0 Å². The highest BCUT2D eigenvalue weighted by Crippen LogP contribution is 2.20. The van der Waals surface area contributed by atoms with Gasteiger partial charge in [-0.05, 0) is 12.8 Å². The summed E-state index contributed by atoms with van der Waals surface area (Å²) in [6, 6.07) is 0. The maximum Gasteiger partial charge on any atom is 0.131 e. The Kier molecular flexibility index (Phi) is 8.13. The molecule has 1 aliphatic rings. The molecule has 0 aromatic rings. The molecule has 4 atom stereocenters. The summed E-state index contributed by atoms with van der Waals surface area (Å²) < 4.78 is 0.505. The third-order valence-electron chi connectivity index (χ3n) is 4.70. The highest BCUT2D eigenvalue weighted by Gasteiger charge is 2.42. The summed E-state index contributed by atoms with van der Waals surface area (Å²) in [7, 11) is 1.98. The van der Waals surface area contributed by atoms with E-state index in [9.17, 15) is 20.4 Å². The van der Waals surface area contributed by atoms with Gasteiger partial charge in [-0.15, -0.1) is 0 Å². The standard InChI is InChI=1S/C16H34NO4/c1-3-4-5-6-7-8-9-10-17(2)11-13(18)15(20)16(21)14(19)12-17/h13-16,18-21H,3-12H2,1-2H3/q+1/t13-,14-,15-,16-/m1/s1. The summed E-state index contributed by atoms with van der Waals surface area (Å²) >= 11 is 0. The minimum atomic E-state index is -1.26. The van der Waals surface area contributed by atoms with Gasteiger partial charge in [0.15, 0.2) is 0 Å². The monoisotopic (exact) mass is 304 g/mol. The quantitative estimate of drug-likeness (QED) is 0.392. The first-order valence-corrected chi connectivity index (χ1v) is 8.45. The second-order valence-electron chi connectivity index (χ2n) is 6.95. The average molecular weight is 304 g/mol. The molecule has 0 radical (unpaired) electrons. The van der Waals surface area contributed by atoms with Gasteiger partial charge in [0, 0.05) is 0 Å². The Balaban J connectivity index is 2.34. The molecule has 1 saturated heterocycles. The molecule has 0 unspecified atom stereocenters. The Bertz CT molecular complexity index is 271. The Morgan fingerprint density at radius 3 is 1.67 bits per heavy atom. The van der Waals surface area contributed by atoms with Gasteiger partial charge >= 0.3 is 0 Å². The summed E-state index contributed by atoms with van der Waals surface area (Å²) in [5, 5.41) is 39.4. The average Bonchev–Trinajstić information content (AvgIpc) is 2.50. The Hall–Kier alpha value is -0.200. The van der Waals surface area contributed by atoms with E-state index in [0.29, 0.717) is 17.6 Å². The SMILES string of the molecule is CCCCCCCCC[N+]1(C)C[C@@H](O)[C@@H](O)[C@H](O)[C@H](O)C1. The highest BCUT2D eigenvalue weighted by molar-refractivity contribution is 4.84. The second kappa shape index (κ2) is 9.06. The molecule has 21 heavy (non-hydrogen) atoms. The number of likely N-dealkylation sites (N-methyl/N-ethyl adjacent to an activating group) is 1. The molecule has 0 aliphatic carbocycles. The molecule has 1 aliphatic heterocycles. The molecule has 0 amide bonds. The summed E-state index contributed by atoms with van der Waals surface area (Å²) in [4.78, 5) is 0. The van der Waals surface area contributed by atoms with E-state index in [2.05, 4.69) is 6.92 Å². The molecule has 5 heteroatoms. The highest BCUT2D eigenvalue weighted by atomic mass is 16.4. The van der Waals surface area contributed by atoms with E-state index < -0.39 is 24.4 Å². The molecular weight excluding hydrogens is 270 g/mol. The van der Waals surface area contributed by atoms with Crippen molar-refractivity contribution in [2.75, 3.05) is 26.7 Å². The summed E-state index contributed by atoms with van der Waals surface area (Å²) in [6.07, 6.45) is 4.12. The third-order valence-corrected chi connectivity index (χ3v) is 4.70. The predicted octanol–water partition coefficient (Wildman–Crippen LogP) is 0.641. The normalized spacial score (nSPS) is 37.4. The van der Waals surface area contributed by atoms with Gasteiger partial charge in [-0.1, -0.05) is 39.0 Å². The molecule has 0 aromatic heterocycles. The van der Waals surface area contributed by atoms with Crippen LogP contribution in [0.25, 0.3) is 0 Å². The fourth-order valence-corrected chi connectivity index (χ4v) is 3.28. The van der Waals surface area contributed by atoms with Crippen LogP contribution < -0.4 is 0 Å². The topological polar surface area (TPSA) is 80.9 Å². The van der Waals surface area contributed by atoms with Crippen LogP contribution in [-0.2, 0) is 0 Å². The lowest BCUT2D eigenvalue weighted by Crippen LogP contribution is -2.52. The van der Waals surface area contributed by atoms with Gasteiger partial charge in [0.25, 0.3) is 0 Å². The van der Waals surface area contributed by atoms with Crippen LogP contribution in [0.1, 0.15) is 51.9 Å². The number of aliphatic hydroxyl groups excluding tert-OH is 4. The first-order valence-electron chi connectivity index (χ1n) is 8.45. The summed E-state index contributed by atoms with van der Waals surface area (Å²) in [5.74, 6) is 0. The molecule has 1 fully saturated rings. The van der Waals surface area contributed by atoms with E-state index in [0.717, 1.165) is 19.4 Å². The van der Waals surface area contributed by atoms with Gasteiger partial charge in [0.1, 0.15) is 37.5 Å². The van der Waals surface area contributed by atoms with Gasteiger partial charge < -0.3 is 24.9 Å². The van der Waals surface area contributed by atoms with Crippen molar-refractivity contribution < 1.29 is 24.9 Å².